The van der Waals surface area contributed by atoms with Gasteiger partial charge in [0.1, 0.15) is 0 Å². The lowest BCUT2D eigenvalue weighted by molar-refractivity contribution is -0.119. The predicted octanol–water partition coefficient (Wildman–Crippen LogP) is 0.489. The van der Waals surface area contributed by atoms with Crippen LogP contribution in [-0.4, -0.2) is 24.5 Å². The van der Waals surface area contributed by atoms with E-state index in [1.165, 1.54) is 25.7 Å². The lowest BCUT2D eigenvalue weighted by Gasteiger charge is -2.14. The minimum Gasteiger partial charge on any atom is -0.370 e. The summed E-state index contributed by atoms with van der Waals surface area (Å²) in [5.41, 5.74) is 11.1. The van der Waals surface area contributed by atoms with Gasteiger partial charge in [0.25, 0.3) is 0 Å². The van der Waals surface area contributed by atoms with Gasteiger partial charge in [-0.25, -0.2) is 0 Å². The fourth-order valence-corrected chi connectivity index (χ4v) is 2.51. The third kappa shape index (κ3) is 3.61. The zero-order chi connectivity index (χ0) is 12.3. The van der Waals surface area contributed by atoms with Crippen LogP contribution in [0.5, 0.6) is 0 Å². The van der Waals surface area contributed by atoms with Crippen LogP contribution in [-0.2, 0) is 4.79 Å². The summed E-state index contributed by atoms with van der Waals surface area (Å²) in [4.78, 5) is 15.3. The molecule has 2 aliphatic carbocycles. The van der Waals surface area contributed by atoms with Gasteiger partial charge >= 0.3 is 0 Å². The number of carbonyl (C=O) groups excluding carboxylic acids is 1. The quantitative estimate of drug-likeness (QED) is 0.480. The van der Waals surface area contributed by atoms with Gasteiger partial charge in [0, 0.05) is 19.0 Å². The van der Waals surface area contributed by atoms with Crippen LogP contribution in [0.3, 0.4) is 0 Å². The van der Waals surface area contributed by atoms with Crippen LogP contribution >= 0.6 is 0 Å². The normalized spacial score (nSPS) is 23.6. The molecular formula is C12H22N4O. The fourth-order valence-electron chi connectivity index (χ4n) is 2.51. The van der Waals surface area contributed by atoms with Crippen molar-refractivity contribution in [3.05, 3.63) is 0 Å². The smallest absolute Gasteiger partial charge is 0.218 e. The Morgan fingerprint density at radius 2 is 1.94 bits per heavy atom. The first-order valence-electron chi connectivity index (χ1n) is 6.44. The van der Waals surface area contributed by atoms with Crippen LogP contribution in [0.4, 0.5) is 0 Å². The number of nitrogens with zero attached hydrogens (tertiary/aromatic N) is 1. The third-order valence-electron chi connectivity index (χ3n) is 3.80. The molecule has 17 heavy (non-hydrogen) atoms. The molecule has 0 aromatic carbocycles. The van der Waals surface area contributed by atoms with Crippen LogP contribution in [0.2, 0.25) is 0 Å². The maximum absolute atomic E-state index is 10.9. The molecule has 5 N–H and O–H groups in total. The molecule has 2 rings (SSSR count). The molecule has 0 saturated heterocycles. The maximum atomic E-state index is 10.9. The number of amides is 1. The molecule has 0 heterocycles. The second-order valence-electron chi connectivity index (χ2n) is 5.47. The van der Waals surface area contributed by atoms with Crippen molar-refractivity contribution < 1.29 is 4.79 Å². The highest BCUT2D eigenvalue weighted by molar-refractivity contribution is 5.78. The van der Waals surface area contributed by atoms with Crippen molar-refractivity contribution in [2.45, 2.75) is 51.0 Å². The summed E-state index contributed by atoms with van der Waals surface area (Å²) >= 11 is 0. The summed E-state index contributed by atoms with van der Waals surface area (Å²) in [6, 6.07) is 0.491. The molecule has 2 fully saturated rings. The van der Waals surface area contributed by atoms with E-state index >= 15 is 0 Å². The zero-order valence-electron chi connectivity index (χ0n) is 10.2. The van der Waals surface area contributed by atoms with Crippen LogP contribution in [0.15, 0.2) is 4.99 Å². The summed E-state index contributed by atoms with van der Waals surface area (Å²) in [6.45, 7) is 0.626. The zero-order valence-corrected chi connectivity index (χ0v) is 10.2. The van der Waals surface area contributed by atoms with Crippen molar-refractivity contribution in [3.63, 3.8) is 0 Å². The van der Waals surface area contributed by atoms with Crippen molar-refractivity contribution >= 4 is 11.9 Å². The van der Waals surface area contributed by atoms with Gasteiger partial charge < -0.3 is 16.8 Å². The molecule has 2 saturated carbocycles. The standard InChI is InChI=1S/C12H22N4O/c13-10(17)7-12(5-6-12)8-15-11(14)16-9-3-1-2-4-9/h9H,1-8H2,(H2,13,17)(H3,14,15,16). The Labute approximate surface area is 102 Å². The number of hydrogen-bond donors (Lipinski definition) is 3. The Balaban J connectivity index is 1.77. The second kappa shape index (κ2) is 4.94. The molecule has 2 aliphatic rings. The summed E-state index contributed by atoms with van der Waals surface area (Å²) in [7, 11) is 0. The number of carbonyl (C=O) groups is 1. The topological polar surface area (TPSA) is 93.5 Å². The number of nitrogens with one attached hydrogen (secondary N) is 1. The molecule has 5 heteroatoms. The van der Waals surface area contributed by atoms with Gasteiger partial charge in [-0.15, -0.1) is 0 Å². The molecule has 0 aromatic rings. The lowest BCUT2D eigenvalue weighted by atomic mass is 10.0. The van der Waals surface area contributed by atoms with Crippen molar-refractivity contribution in [2.24, 2.45) is 21.9 Å². The summed E-state index contributed by atoms with van der Waals surface area (Å²) in [5.74, 6) is 0.285. The summed E-state index contributed by atoms with van der Waals surface area (Å²) in [6.07, 6.45) is 7.43. The number of rotatable bonds is 5. The minimum atomic E-state index is -0.236. The van der Waals surface area contributed by atoms with Crippen molar-refractivity contribution in [1.82, 2.24) is 5.32 Å². The summed E-state index contributed by atoms with van der Waals surface area (Å²) in [5, 5.41) is 3.24. The Hall–Kier alpha value is -1.26. The first-order valence-corrected chi connectivity index (χ1v) is 6.44. The highest BCUT2D eigenvalue weighted by Crippen LogP contribution is 2.48. The number of nitrogens with two attached hydrogens (primary N) is 2. The third-order valence-corrected chi connectivity index (χ3v) is 3.80. The number of aliphatic imine (C=N–C) groups is 1. The number of primary amides is 1. The van der Waals surface area contributed by atoms with E-state index in [4.69, 9.17) is 11.5 Å². The SMILES string of the molecule is NC(=O)CC1(CN=C(N)NC2CCCC2)CC1. The molecule has 5 nitrogen and oxygen atoms in total. The monoisotopic (exact) mass is 238 g/mol. The molecule has 0 bridgehead atoms. The molecule has 0 spiro atoms. The van der Waals surface area contributed by atoms with E-state index < -0.39 is 0 Å². The van der Waals surface area contributed by atoms with Crippen molar-refractivity contribution in [3.8, 4) is 0 Å². The van der Waals surface area contributed by atoms with Gasteiger partial charge in [0.05, 0.1) is 0 Å². The van der Waals surface area contributed by atoms with E-state index in [-0.39, 0.29) is 11.3 Å². The van der Waals surface area contributed by atoms with E-state index in [1.807, 2.05) is 0 Å². The molecule has 0 aromatic heterocycles. The Morgan fingerprint density at radius 1 is 1.29 bits per heavy atom. The second-order valence-corrected chi connectivity index (χ2v) is 5.47. The molecule has 0 unspecified atom stereocenters. The van der Waals surface area contributed by atoms with E-state index in [0.717, 1.165) is 12.8 Å². The highest BCUT2D eigenvalue weighted by atomic mass is 16.1. The van der Waals surface area contributed by atoms with Crippen molar-refractivity contribution in [2.75, 3.05) is 6.54 Å². The number of guanidine groups is 1. The van der Waals surface area contributed by atoms with Gasteiger partial charge in [-0.1, -0.05) is 12.8 Å². The van der Waals surface area contributed by atoms with Gasteiger partial charge in [-0.2, -0.15) is 0 Å². The lowest BCUT2D eigenvalue weighted by Crippen LogP contribution is -2.39. The first-order chi connectivity index (χ1) is 8.10. The minimum absolute atomic E-state index is 0.0216. The first kappa shape index (κ1) is 12.2. The summed E-state index contributed by atoms with van der Waals surface area (Å²) < 4.78 is 0. The van der Waals surface area contributed by atoms with Crippen molar-refractivity contribution in [1.29, 1.82) is 0 Å². The van der Waals surface area contributed by atoms with Gasteiger partial charge in [0.15, 0.2) is 5.96 Å². The van der Waals surface area contributed by atoms with Crippen LogP contribution in [0.25, 0.3) is 0 Å². The van der Waals surface area contributed by atoms with Crippen LogP contribution in [0.1, 0.15) is 44.9 Å². The van der Waals surface area contributed by atoms with E-state index in [2.05, 4.69) is 10.3 Å². The van der Waals surface area contributed by atoms with Gasteiger partial charge in [-0.05, 0) is 31.1 Å². The Bertz CT molecular complexity index is 316. The molecule has 0 aliphatic heterocycles. The predicted molar refractivity (Wildman–Crippen MR) is 67.4 cm³/mol. The van der Waals surface area contributed by atoms with Crippen LogP contribution in [0, 0.1) is 5.41 Å². The van der Waals surface area contributed by atoms with E-state index in [0.29, 0.717) is 25.0 Å². The Morgan fingerprint density at radius 3 is 2.47 bits per heavy atom. The molecule has 0 radical (unpaired) electrons. The van der Waals surface area contributed by atoms with E-state index in [1.54, 1.807) is 0 Å². The molecule has 0 atom stereocenters. The average Bonchev–Trinajstić information content (AvgIpc) is 2.81. The highest BCUT2D eigenvalue weighted by Gasteiger charge is 2.43. The average molecular weight is 238 g/mol. The van der Waals surface area contributed by atoms with Crippen LogP contribution < -0.4 is 16.8 Å². The van der Waals surface area contributed by atoms with Gasteiger partial charge in [-0.3, -0.25) is 9.79 Å². The Kier molecular flexibility index (Phi) is 3.54. The maximum Gasteiger partial charge on any atom is 0.218 e. The largest absolute Gasteiger partial charge is 0.370 e. The molecular weight excluding hydrogens is 216 g/mol. The van der Waals surface area contributed by atoms with E-state index in [9.17, 15) is 4.79 Å². The number of hydrogen-bond acceptors (Lipinski definition) is 2. The molecule has 1 amide bonds. The molecule has 96 valence electrons. The fraction of sp³-hybridized carbons (Fsp3) is 0.833. The van der Waals surface area contributed by atoms with Gasteiger partial charge in [0.2, 0.25) is 5.91 Å².